The first-order chi connectivity index (χ1) is 16.7. The molecule has 5 rings (SSSR count). The van der Waals surface area contributed by atoms with Crippen LogP contribution in [0.2, 0.25) is 0 Å². The van der Waals surface area contributed by atoms with Crippen LogP contribution < -0.4 is 21.3 Å². The van der Waals surface area contributed by atoms with Crippen LogP contribution >= 0.6 is 43.0 Å². The highest BCUT2D eigenvalue weighted by molar-refractivity contribution is 14.0. The first-order valence-electron chi connectivity index (χ1n) is 11.5. The van der Waals surface area contributed by atoms with Crippen molar-refractivity contribution in [3.8, 4) is 11.5 Å². The molecular formula is C30H28INOPS+. The summed E-state index contributed by atoms with van der Waals surface area (Å²) in [6.07, 6.45) is 0. The van der Waals surface area contributed by atoms with Crippen molar-refractivity contribution in [2.45, 2.75) is 18.9 Å². The Kier molecular flexibility index (Phi) is 8.48. The van der Waals surface area contributed by atoms with Crippen molar-refractivity contribution in [2.75, 3.05) is 5.75 Å². The van der Waals surface area contributed by atoms with Crippen molar-refractivity contribution in [1.29, 1.82) is 0 Å². The molecule has 0 radical (unpaired) electrons. The molecule has 0 bridgehead atoms. The molecule has 1 heterocycles. The van der Waals surface area contributed by atoms with E-state index in [1.165, 1.54) is 21.5 Å². The lowest BCUT2D eigenvalue weighted by molar-refractivity contribution is 0.487. The Morgan fingerprint density at radius 2 is 1.14 bits per heavy atom. The highest BCUT2D eigenvalue weighted by atomic mass is 127. The summed E-state index contributed by atoms with van der Waals surface area (Å²) in [5.41, 5.74) is 3.26. The number of rotatable bonds is 7. The van der Waals surface area contributed by atoms with E-state index in [9.17, 15) is 0 Å². The summed E-state index contributed by atoms with van der Waals surface area (Å²) in [6.45, 7) is 4.26. The summed E-state index contributed by atoms with van der Waals surface area (Å²) >= 11 is 1.73. The fourth-order valence-corrected chi connectivity index (χ4v) is 9.55. The number of halogens is 1. The van der Waals surface area contributed by atoms with Gasteiger partial charge in [-0.25, -0.2) is 0 Å². The van der Waals surface area contributed by atoms with Crippen molar-refractivity contribution in [3.05, 3.63) is 121 Å². The molecule has 4 aromatic carbocycles. The summed E-state index contributed by atoms with van der Waals surface area (Å²) in [6, 6.07) is 40.9. The molecule has 2 nitrogen and oxygen atoms in total. The predicted octanol–water partition coefficient (Wildman–Crippen LogP) is 7.00. The summed E-state index contributed by atoms with van der Waals surface area (Å²) in [5, 5.41) is 4.72. The van der Waals surface area contributed by atoms with Gasteiger partial charge in [-0.05, 0) is 61.2 Å². The van der Waals surface area contributed by atoms with Gasteiger partial charge in [-0.15, -0.1) is 24.0 Å². The van der Waals surface area contributed by atoms with E-state index in [1.807, 2.05) is 0 Å². The van der Waals surface area contributed by atoms with Gasteiger partial charge < -0.3 is 4.42 Å². The molecule has 1 aromatic heterocycles. The number of hydrogen-bond donors (Lipinski definition) is 0. The largest absolute Gasteiger partial charge is 0.425 e. The molecule has 5 heteroatoms. The minimum absolute atomic E-state index is 0. The maximum Gasteiger partial charge on any atom is 0.251 e. The number of benzene rings is 4. The highest BCUT2D eigenvalue weighted by Gasteiger charge is 2.52. The van der Waals surface area contributed by atoms with E-state index in [0.29, 0.717) is 5.89 Å². The monoisotopic (exact) mass is 608 g/mol. The SMILES string of the molecule is CCSc1oc(-c2ccc(C)cc2)nc1[P+](c1ccccc1)(c1ccccc1)c1ccccc1.I. The summed E-state index contributed by atoms with van der Waals surface area (Å²) in [4.78, 5) is 5.29. The molecule has 176 valence electrons. The zero-order valence-electron chi connectivity index (χ0n) is 19.8. The molecule has 0 spiro atoms. The molecule has 0 aliphatic heterocycles. The van der Waals surface area contributed by atoms with Crippen molar-refractivity contribution in [1.82, 2.24) is 4.98 Å². The standard InChI is InChI=1S/C30H27NOPS.HI/c1-3-34-30-29(31-28(32-30)24-21-19-23(2)20-22-24)33(25-13-7-4-8-14-25,26-15-9-5-10-16-26)27-17-11-6-12-18-27;/h4-22H,3H2,1-2H3;1H/q+1;. The molecule has 0 aliphatic rings. The van der Waals surface area contributed by atoms with Gasteiger partial charge in [0.2, 0.25) is 11.0 Å². The maximum absolute atomic E-state index is 6.53. The second kappa shape index (κ2) is 11.6. The van der Waals surface area contributed by atoms with Crippen molar-refractivity contribution >= 4 is 64.3 Å². The molecule has 5 aromatic rings. The van der Waals surface area contributed by atoms with Gasteiger partial charge in [-0.3, -0.25) is 0 Å². The van der Waals surface area contributed by atoms with Crippen LogP contribution in [0.1, 0.15) is 12.5 Å². The van der Waals surface area contributed by atoms with Gasteiger partial charge in [0.25, 0.3) is 5.44 Å². The van der Waals surface area contributed by atoms with Crippen molar-refractivity contribution in [2.24, 2.45) is 0 Å². The van der Waals surface area contributed by atoms with Gasteiger partial charge in [0.15, 0.2) is 7.26 Å². The molecule has 0 aliphatic carbocycles. The normalized spacial score (nSPS) is 11.1. The molecule has 35 heavy (non-hydrogen) atoms. The quantitative estimate of drug-likeness (QED) is 0.113. The second-order valence-electron chi connectivity index (χ2n) is 8.11. The van der Waals surface area contributed by atoms with Gasteiger partial charge in [0.1, 0.15) is 15.9 Å². The van der Waals surface area contributed by atoms with E-state index in [2.05, 4.69) is 129 Å². The fraction of sp³-hybridized carbons (Fsp3) is 0.100. The van der Waals surface area contributed by atoms with E-state index in [0.717, 1.165) is 21.8 Å². The first-order valence-corrected chi connectivity index (χ1v) is 14.3. The molecule has 0 amide bonds. The highest BCUT2D eigenvalue weighted by Crippen LogP contribution is 2.56. The number of oxazole rings is 1. The zero-order chi connectivity index (χ0) is 23.4. The third-order valence-corrected chi connectivity index (χ3v) is 11.0. The molecule has 0 saturated heterocycles. The van der Waals surface area contributed by atoms with Crippen LogP contribution in [0, 0.1) is 6.92 Å². The zero-order valence-corrected chi connectivity index (χ0v) is 23.8. The second-order valence-corrected chi connectivity index (χ2v) is 12.7. The molecule has 0 fully saturated rings. The van der Waals surface area contributed by atoms with Crippen LogP contribution in [-0.4, -0.2) is 10.7 Å². The molecule has 0 unspecified atom stereocenters. The Labute approximate surface area is 229 Å². The van der Waals surface area contributed by atoms with Gasteiger partial charge in [-0.2, -0.15) is 4.98 Å². The summed E-state index contributed by atoms with van der Waals surface area (Å²) in [5.74, 6) is 1.59. The van der Waals surface area contributed by atoms with E-state index < -0.39 is 7.26 Å². The van der Waals surface area contributed by atoms with Gasteiger partial charge >= 0.3 is 0 Å². The van der Waals surface area contributed by atoms with Crippen LogP contribution in [0.25, 0.3) is 11.5 Å². The van der Waals surface area contributed by atoms with Gasteiger partial charge in [0.05, 0.1) is 0 Å². The average Bonchev–Trinajstić information content (AvgIpc) is 3.31. The maximum atomic E-state index is 6.53. The Morgan fingerprint density at radius 3 is 1.57 bits per heavy atom. The number of hydrogen-bond acceptors (Lipinski definition) is 3. The summed E-state index contributed by atoms with van der Waals surface area (Å²) in [7, 11) is -2.31. The molecule has 0 atom stereocenters. The van der Waals surface area contributed by atoms with Crippen LogP contribution in [-0.2, 0) is 0 Å². The van der Waals surface area contributed by atoms with Crippen molar-refractivity contribution < 1.29 is 4.42 Å². The summed E-state index contributed by atoms with van der Waals surface area (Å²) < 4.78 is 6.53. The first kappa shape index (κ1) is 25.7. The minimum atomic E-state index is -2.31. The van der Waals surface area contributed by atoms with E-state index in [1.54, 1.807) is 11.8 Å². The Balaban J connectivity index is 0.00000289. The topological polar surface area (TPSA) is 26.0 Å². The number of nitrogens with zero attached hydrogens (tertiary/aromatic N) is 1. The minimum Gasteiger partial charge on any atom is -0.425 e. The third kappa shape index (κ3) is 4.97. The van der Waals surface area contributed by atoms with Crippen LogP contribution in [0.4, 0.5) is 0 Å². The lowest BCUT2D eigenvalue weighted by atomic mass is 10.1. The Bertz CT molecular complexity index is 1260. The fourth-order valence-electron chi connectivity index (χ4n) is 4.32. The predicted molar refractivity (Wildman–Crippen MR) is 163 cm³/mol. The van der Waals surface area contributed by atoms with E-state index in [-0.39, 0.29) is 24.0 Å². The lowest BCUT2D eigenvalue weighted by Crippen LogP contribution is -2.40. The van der Waals surface area contributed by atoms with Crippen LogP contribution in [0.3, 0.4) is 0 Å². The smallest absolute Gasteiger partial charge is 0.251 e. The molecule has 0 N–H and O–H groups in total. The number of aryl methyl sites for hydroxylation is 1. The van der Waals surface area contributed by atoms with Crippen LogP contribution in [0.15, 0.2) is 125 Å². The van der Waals surface area contributed by atoms with Crippen LogP contribution in [0.5, 0.6) is 0 Å². The lowest BCUT2D eigenvalue weighted by Gasteiger charge is -2.25. The van der Waals surface area contributed by atoms with Gasteiger partial charge in [-0.1, -0.05) is 91.0 Å². The van der Waals surface area contributed by atoms with Crippen molar-refractivity contribution in [3.63, 3.8) is 0 Å². The average molecular weight is 609 g/mol. The van der Waals surface area contributed by atoms with E-state index in [4.69, 9.17) is 9.40 Å². The van der Waals surface area contributed by atoms with E-state index >= 15 is 0 Å². The Morgan fingerprint density at radius 1 is 0.686 bits per heavy atom. The Hall–Kier alpha value is -2.40. The molecule has 0 saturated carbocycles. The number of aromatic nitrogens is 1. The third-order valence-electron chi connectivity index (χ3n) is 5.90. The molecular weight excluding hydrogens is 580 g/mol. The number of thioether (sulfide) groups is 1. The van der Waals surface area contributed by atoms with Gasteiger partial charge in [0, 0.05) is 5.56 Å².